The third-order valence-electron chi connectivity index (χ3n) is 8.75. The highest BCUT2D eigenvalue weighted by Crippen LogP contribution is 2.40. The average molecular weight is 518 g/mol. The number of anilines is 2. The van der Waals surface area contributed by atoms with Crippen molar-refractivity contribution < 1.29 is 18.0 Å². The van der Waals surface area contributed by atoms with Gasteiger partial charge >= 0.3 is 12.2 Å². The van der Waals surface area contributed by atoms with Crippen LogP contribution in [0.15, 0.2) is 30.6 Å². The number of nitrogens with zero attached hydrogens (tertiary/aromatic N) is 7. The summed E-state index contributed by atoms with van der Waals surface area (Å²) in [4.78, 5) is 23.2. The molecule has 4 aliphatic rings. The SMILES string of the molecule is CN(C)c1cnn(C(=O)N2CC3CN(Cc4ccc(N5CC6CC5CN6C)cc4C(F)(F)F)CC3C2)c1. The number of halogens is 3. The van der Waals surface area contributed by atoms with Crippen LogP contribution in [-0.4, -0.2) is 103 Å². The van der Waals surface area contributed by atoms with Gasteiger partial charge in [-0.2, -0.15) is 23.0 Å². The minimum Gasteiger partial charge on any atom is -0.375 e. The highest BCUT2D eigenvalue weighted by atomic mass is 19.4. The molecule has 11 heteroatoms. The maximum Gasteiger partial charge on any atom is 0.416 e. The second-order valence-electron chi connectivity index (χ2n) is 11.4. The van der Waals surface area contributed by atoms with Crippen LogP contribution in [0, 0.1) is 11.8 Å². The van der Waals surface area contributed by atoms with Crippen molar-refractivity contribution in [2.75, 3.05) is 70.2 Å². The summed E-state index contributed by atoms with van der Waals surface area (Å²) in [5.41, 5.74) is 1.35. The molecule has 1 aromatic carbocycles. The van der Waals surface area contributed by atoms with Crippen molar-refractivity contribution in [2.24, 2.45) is 11.8 Å². The van der Waals surface area contributed by atoms with Gasteiger partial charge in [-0.15, -0.1) is 0 Å². The third-order valence-corrected chi connectivity index (χ3v) is 8.75. The van der Waals surface area contributed by atoms with Crippen LogP contribution in [0.2, 0.25) is 0 Å². The molecule has 5 heterocycles. The number of rotatable bonds is 4. The van der Waals surface area contributed by atoms with Gasteiger partial charge in [-0.25, -0.2) is 4.79 Å². The van der Waals surface area contributed by atoms with Gasteiger partial charge in [-0.3, -0.25) is 9.80 Å². The normalized spacial score (nSPS) is 27.9. The highest BCUT2D eigenvalue weighted by Gasteiger charge is 2.44. The fraction of sp³-hybridized carbons (Fsp3) is 0.615. The topological polar surface area (TPSA) is 51.1 Å². The van der Waals surface area contributed by atoms with Crippen LogP contribution in [0.1, 0.15) is 17.5 Å². The van der Waals surface area contributed by atoms with Crippen molar-refractivity contribution in [3.63, 3.8) is 0 Å². The maximum absolute atomic E-state index is 14.1. The van der Waals surface area contributed by atoms with E-state index < -0.39 is 11.7 Å². The van der Waals surface area contributed by atoms with E-state index in [1.807, 2.05) is 30.0 Å². The van der Waals surface area contributed by atoms with Crippen LogP contribution in [0.25, 0.3) is 0 Å². The second kappa shape index (κ2) is 8.90. The van der Waals surface area contributed by atoms with E-state index in [2.05, 4.69) is 26.8 Å². The number of amides is 1. The van der Waals surface area contributed by atoms with Gasteiger partial charge in [0.1, 0.15) is 0 Å². The van der Waals surface area contributed by atoms with E-state index in [9.17, 15) is 18.0 Å². The molecule has 200 valence electrons. The summed E-state index contributed by atoms with van der Waals surface area (Å²) in [5, 5.41) is 4.19. The Balaban J connectivity index is 1.11. The van der Waals surface area contributed by atoms with Crippen molar-refractivity contribution >= 4 is 17.4 Å². The minimum absolute atomic E-state index is 0.147. The Hall–Kier alpha value is -2.79. The molecule has 2 aromatic rings. The third kappa shape index (κ3) is 4.46. The molecule has 4 atom stereocenters. The molecular formula is C26H34F3N7O. The van der Waals surface area contributed by atoms with Gasteiger partial charge in [0.15, 0.2) is 0 Å². The average Bonchev–Trinajstić information content (AvgIpc) is 3.63. The largest absolute Gasteiger partial charge is 0.416 e. The van der Waals surface area contributed by atoms with Crippen molar-refractivity contribution in [3.05, 3.63) is 41.7 Å². The first-order chi connectivity index (χ1) is 17.6. The Labute approximate surface area is 215 Å². The van der Waals surface area contributed by atoms with Crippen LogP contribution < -0.4 is 9.80 Å². The fourth-order valence-electron chi connectivity index (χ4n) is 6.74. The number of carbonyl (C=O) groups excluding carboxylic acids is 1. The molecule has 6 rings (SSSR count). The number of hydrogen-bond donors (Lipinski definition) is 0. The smallest absolute Gasteiger partial charge is 0.375 e. The molecule has 0 N–H and O–H groups in total. The van der Waals surface area contributed by atoms with Gasteiger partial charge in [0.25, 0.3) is 0 Å². The highest BCUT2D eigenvalue weighted by molar-refractivity contribution is 5.77. The van der Waals surface area contributed by atoms with Crippen molar-refractivity contribution in [3.8, 4) is 0 Å². The second-order valence-corrected chi connectivity index (χ2v) is 11.4. The van der Waals surface area contributed by atoms with Gasteiger partial charge < -0.3 is 14.7 Å². The molecule has 4 fully saturated rings. The lowest BCUT2D eigenvalue weighted by Gasteiger charge is -2.34. The van der Waals surface area contributed by atoms with E-state index in [1.165, 1.54) is 10.7 Å². The molecule has 4 aliphatic heterocycles. The Morgan fingerprint density at radius 2 is 1.78 bits per heavy atom. The van der Waals surface area contributed by atoms with Gasteiger partial charge in [-0.1, -0.05) is 6.07 Å². The number of fused-ring (bicyclic) bond motifs is 3. The molecular weight excluding hydrogens is 483 g/mol. The summed E-state index contributed by atoms with van der Waals surface area (Å²) in [6, 6.07) is 5.48. The zero-order chi connectivity index (χ0) is 26.1. The van der Waals surface area contributed by atoms with Crippen LogP contribution >= 0.6 is 0 Å². The van der Waals surface area contributed by atoms with Crippen LogP contribution in [0.5, 0.6) is 0 Å². The predicted molar refractivity (Wildman–Crippen MR) is 135 cm³/mol. The number of alkyl halides is 3. The van der Waals surface area contributed by atoms with E-state index in [0.717, 1.165) is 25.2 Å². The summed E-state index contributed by atoms with van der Waals surface area (Å²) in [6.45, 7) is 4.56. The number of aromatic nitrogens is 2. The van der Waals surface area contributed by atoms with E-state index in [0.29, 0.717) is 49.5 Å². The Morgan fingerprint density at radius 3 is 2.35 bits per heavy atom. The predicted octanol–water partition coefficient (Wildman–Crippen LogP) is 2.89. The zero-order valence-corrected chi connectivity index (χ0v) is 21.5. The van der Waals surface area contributed by atoms with Gasteiger partial charge in [0.05, 0.1) is 23.6 Å². The molecule has 4 unspecified atom stereocenters. The fourth-order valence-corrected chi connectivity index (χ4v) is 6.74. The Kier molecular flexibility index (Phi) is 5.91. The molecule has 0 aliphatic carbocycles. The molecule has 1 aromatic heterocycles. The molecule has 8 nitrogen and oxygen atoms in total. The maximum atomic E-state index is 14.1. The summed E-state index contributed by atoms with van der Waals surface area (Å²) in [5.74, 6) is 0.525. The lowest BCUT2D eigenvalue weighted by atomic mass is 10.0. The summed E-state index contributed by atoms with van der Waals surface area (Å²) >= 11 is 0. The molecule has 0 spiro atoms. The lowest BCUT2D eigenvalue weighted by Crippen LogP contribution is -2.44. The van der Waals surface area contributed by atoms with Crippen LogP contribution in [0.3, 0.4) is 0 Å². The number of hydrogen-bond acceptors (Lipinski definition) is 6. The van der Waals surface area contributed by atoms with E-state index in [-0.39, 0.29) is 24.4 Å². The number of carbonyl (C=O) groups is 1. The zero-order valence-electron chi connectivity index (χ0n) is 21.5. The monoisotopic (exact) mass is 517 g/mol. The van der Waals surface area contributed by atoms with Crippen molar-refractivity contribution in [1.82, 2.24) is 24.5 Å². The molecule has 1 amide bonds. The van der Waals surface area contributed by atoms with E-state index in [4.69, 9.17) is 0 Å². The minimum atomic E-state index is -4.39. The molecule has 37 heavy (non-hydrogen) atoms. The van der Waals surface area contributed by atoms with E-state index >= 15 is 0 Å². The number of likely N-dealkylation sites (N-methyl/N-ethyl adjacent to an activating group) is 1. The number of benzene rings is 1. The number of likely N-dealkylation sites (tertiary alicyclic amines) is 3. The molecule has 2 bridgehead atoms. The van der Waals surface area contributed by atoms with E-state index in [1.54, 1.807) is 18.5 Å². The van der Waals surface area contributed by atoms with Crippen LogP contribution in [-0.2, 0) is 12.7 Å². The first-order valence-corrected chi connectivity index (χ1v) is 13.0. The summed E-state index contributed by atoms with van der Waals surface area (Å²) < 4.78 is 43.7. The van der Waals surface area contributed by atoms with Gasteiger partial charge in [-0.05, 0) is 43.0 Å². The molecule has 0 saturated carbocycles. The first-order valence-electron chi connectivity index (χ1n) is 13.0. The molecule has 4 saturated heterocycles. The Morgan fingerprint density at radius 1 is 1.05 bits per heavy atom. The van der Waals surface area contributed by atoms with Crippen LogP contribution in [0.4, 0.5) is 29.3 Å². The molecule has 0 radical (unpaired) electrons. The lowest BCUT2D eigenvalue weighted by molar-refractivity contribution is -0.138. The Bertz CT molecular complexity index is 1170. The first kappa shape index (κ1) is 24.5. The summed E-state index contributed by atoms with van der Waals surface area (Å²) in [6.07, 6.45) is 0.00505. The van der Waals surface area contributed by atoms with Crippen molar-refractivity contribution in [1.29, 1.82) is 0 Å². The number of piperazine rings is 1. The summed E-state index contributed by atoms with van der Waals surface area (Å²) in [7, 11) is 5.88. The van der Waals surface area contributed by atoms with Crippen molar-refractivity contribution in [2.45, 2.75) is 31.2 Å². The standard InChI is InChI=1S/C26H34F3N7O/c1-31(2)23-8-30-36(16-23)25(37)34-12-18-10-33(11-19(18)13-34)9-17-4-5-20(7-24(17)26(27,28)29)35-15-21-6-22(35)14-32(21)3/h4-5,7-8,16,18-19,21-22H,6,9-15H2,1-3H3. The quantitative estimate of drug-likeness (QED) is 0.622. The van der Waals surface area contributed by atoms with Gasteiger partial charge in [0, 0.05) is 77.7 Å². The van der Waals surface area contributed by atoms with Gasteiger partial charge in [0.2, 0.25) is 0 Å².